The Hall–Kier alpha value is -1.94. The fourth-order valence-corrected chi connectivity index (χ4v) is 2.58. The average molecular weight is 286 g/mol. The molecule has 0 aliphatic rings. The van der Waals surface area contributed by atoms with Crippen LogP contribution in [0.15, 0.2) is 54.6 Å². The van der Waals surface area contributed by atoms with Crippen LogP contribution in [0.4, 0.5) is 11.4 Å². The summed E-state index contributed by atoms with van der Waals surface area (Å²) in [6.07, 6.45) is 0. The van der Waals surface area contributed by atoms with Crippen molar-refractivity contribution in [2.45, 2.75) is 17.9 Å². The van der Waals surface area contributed by atoms with Crippen LogP contribution in [-0.2, 0) is 10.5 Å². The Balaban J connectivity index is 1.86. The van der Waals surface area contributed by atoms with E-state index in [-0.39, 0.29) is 11.2 Å². The highest BCUT2D eigenvalue weighted by Crippen LogP contribution is 2.19. The van der Waals surface area contributed by atoms with Crippen molar-refractivity contribution in [3.8, 4) is 0 Å². The summed E-state index contributed by atoms with van der Waals surface area (Å²) in [5, 5.41) is 2.76. The van der Waals surface area contributed by atoms with E-state index in [1.165, 1.54) is 5.56 Å². The molecular formula is C16H18N2OS. The second-order valence-corrected chi connectivity index (χ2v) is 5.88. The monoisotopic (exact) mass is 286 g/mol. The highest BCUT2D eigenvalue weighted by atomic mass is 32.2. The van der Waals surface area contributed by atoms with E-state index in [9.17, 15) is 4.79 Å². The van der Waals surface area contributed by atoms with Crippen molar-refractivity contribution in [2.75, 3.05) is 11.1 Å². The van der Waals surface area contributed by atoms with Crippen molar-refractivity contribution < 1.29 is 4.79 Å². The van der Waals surface area contributed by atoms with Gasteiger partial charge in [-0.1, -0.05) is 36.4 Å². The molecule has 104 valence electrons. The van der Waals surface area contributed by atoms with E-state index in [0.717, 1.165) is 11.4 Å². The summed E-state index contributed by atoms with van der Waals surface area (Å²) in [5.41, 5.74) is 8.30. The topological polar surface area (TPSA) is 55.1 Å². The van der Waals surface area contributed by atoms with Crippen LogP contribution in [0.25, 0.3) is 0 Å². The SMILES string of the molecule is CC(SCc1ccccc1)C(=O)Nc1cccc(N)c1. The summed E-state index contributed by atoms with van der Waals surface area (Å²) < 4.78 is 0. The molecule has 20 heavy (non-hydrogen) atoms. The molecule has 0 spiro atoms. The Kier molecular flexibility index (Phi) is 5.07. The number of hydrogen-bond acceptors (Lipinski definition) is 3. The van der Waals surface area contributed by atoms with Crippen LogP contribution in [0.2, 0.25) is 0 Å². The summed E-state index contributed by atoms with van der Waals surface area (Å²) in [5.74, 6) is 0.823. The smallest absolute Gasteiger partial charge is 0.237 e. The third-order valence-corrected chi connectivity index (χ3v) is 4.08. The first kappa shape index (κ1) is 14.5. The van der Waals surface area contributed by atoms with E-state index in [4.69, 9.17) is 5.73 Å². The minimum Gasteiger partial charge on any atom is -0.399 e. The number of carbonyl (C=O) groups excluding carboxylic acids is 1. The fourth-order valence-electron chi connectivity index (χ4n) is 1.73. The van der Waals surface area contributed by atoms with Gasteiger partial charge in [0.15, 0.2) is 0 Å². The number of nitrogens with two attached hydrogens (primary N) is 1. The Bertz CT molecular complexity index is 572. The zero-order valence-electron chi connectivity index (χ0n) is 11.4. The predicted octanol–water partition coefficient (Wildman–Crippen LogP) is 3.53. The van der Waals surface area contributed by atoms with Gasteiger partial charge < -0.3 is 11.1 Å². The van der Waals surface area contributed by atoms with Gasteiger partial charge >= 0.3 is 0 Å². The Labute approximate surface area is 123 Å². The maximum atomic E-state index is 12.1. The Morgan fingerprint density at radius 3 is 2.65 bits per heavy atom. The zero-order chi connectivity index (χ0) is 14.4. The standard InChI is InChI=1S/C16H18N2OS/c1-12(20-11-13-6-3-2-4-7-13)16(19)18-15-9-5-8-14(17)10-15/h2-10,12H,11,17H2,1H3,(H,18,19). The normalized spacial score (nSPS) is 11.8. The molecule has 4 heteroatoms. The first-order valence-corrected chi connectivity index (χ1v) is 7.52. The molecule has 0 aromatic heterocycles. The molecule has 0 saturated carbocycles. The summed E-state index contributed by atoms with van der Waals surface area (Å²) >= 11 is 1.62. The molecule has 2 rings (SSSR count). The summed E-state index contributed by atoms with van der Waals surface area (Å²) in [6, 6.07) is 17.3. The van der Waals surface area contributed by atoms with E-state index in [2.05, 4.69) is 17.4 Å². The van der Waals surface area contributed by atoms with Gasteiger partial charge in [0.1, 0.15) is 0 Å². The van der Waals surface area contributed by atoms with E-state index in [1.54, 1.807) is 23.9 Å². The first-order valence-electron chi connectivity index (χ1n) is 6.47. The second kappa shape index (κ2) is 7.01. The van der Waals surface area contributed by atoms with Crippen molar-refractivity contribution in [2.24, 2.45) is 0 Å². The Morgan fingerprint density at radius 1 is 1.20 bits per heavy atom. The van der Waals surface area contributed by atoms with E-state index in [0.29, 0.717) is 5.69 Å². The molecule has 0 saturated heterocycles. The maximum absolute atomic E-state index is 12.1. The number of thioether (sulfide) groups is 1. The van der Waals surface area contributed by atoms with Gasteiger partial charge in [-0.2, -0.15) is 0 Å². The van der Waals surface area contributed by atoms with Crippen LogP contribution in [0.3, 0.4) is 0 Å². The van der Waals surface area contributed by atoms with Crippen LogP contribution >= 0.6 is 11.8 Å². The molecule has 1 unspecified atom stereocenters. The molecule has 0 fully saturated rings. The van der Waals surface area contributed by atoms with Crippen molar-refractivity contribution >= 4 is 29.0 Å². The molecular weight excluding hydrogens is 268 g/mol. The van der Waals surface area contributed by atoms with Gasteiger partial charge in [0.25, 0.3) is 0 Å². The van der Waals surface area contributed by atoms with Crippen molar-refractivity contribution in [3.05, 3.63) is 60.2 Å². The molecule has 1 atom stereocenters. The number of nitrogens with one attached hydrogen (secondary N) is 1. The number of amides is 1. The van der Waals surface area contributed by atoms with E-state index in [1.807, 2.05) is 37.3 Å². The highest BCUT2D eigenvalue weighted by Gasteiger charge is 2.13. The molecule has 3 N–H and O–H groups in total. The third-order valence-electron chi connectivity index (χ3n) is 2.87. The molecule has 0 heterocycles. The largest absolute Gasteiger partial charge is 0.399 e. The number of hydrogen-bond donors (Lipinski definition) is 2. The number of anilines is 2. The molecule has 1 amide bonds. The van der Waals surface area contributed by atoms with E-state index >= 15 is 0 Å². The van der Waals surface area contributed by atoms with Gasteiger partial charge in [0.05, 0.1) is 5.25 Å². The summed E-state index contributed by atoms with van der Waals surface area (Å²) in [7, 11) is 0. The van der Waals surface area contributed by atoms with Gasteiger partial charge in [0, 0.05) is 17.1 Å². The van der Waals surface area contributed by atoms with Gasteiger partial charge in [-0.05, 0) is 30.7 Å². The summed E-state index contributed by atoms with van der Waals surface area (Å²) in [6.45, 7) is 1.91. The predicted molar refractivity (Wildman–Crippen MR) is 86.7 cm³/mol. The number of nitrogen functional groups attached to an aromatic ring is 1. The molecule has 3 nitrogen and oxygen atoms in total. The van der Waals surface area contributed by atoms with Crippen molar-refractivity contribution in [3.63, 3.8) is 0 Å². The van der Waals surface area contributed by atoms with Crippen LogP contribution in [-0.4, -0.2) is 11.2 Å². The van der Waals surface area contributed by atoms with Crippen LogP contribution in [0.5, 0.6) is 0 Å². The van der Waals surface area contributed by atoms with E-state index < -0.39 is 0 Å². The van der Waals surface area contributed by atoms with Crippen molar-refractivity contribution in [1.29, 1.82) is 0 Å². The lowest BCUT2D eigenvalue weighted by Crippen LogP contribution is -2.22. The minimum atomic E-state index is -0.114. The van der Waals surface area contributed by atoms with Gasteiger partial charge in [0.2, 0.25) is 5.91 Å². The lowest BCUT2D eigenvalue weighted by molar-refractivity contribution is -0.115. The number of carbonyl (C=O) groups is 1. The van der Waals surface area contributed by atoms with Crippen molar-refractivity contribution in [1.82, 2.24) is 0 Å². The van der Waals surface area contributed by atoms with Gasteiger partial charge in [-0.25, -0.2) is 0 Å². The van der Waals surface area contributed by atoms with Gasteiger partial charge in [-0.15, -0.1) is 11.8 Å². The van der Waals surface area contributed by atoms with Crippen LogP contribution in [0, 0.1) is 0 Å². The van der Waals surface area contributed by atoms with Gasteiger partial charge in [-0.3, -0.25) is 4.79 Å². The maximum Gasteiger partial charge on any atom is 0.237 e. The molecule has 0 aliphatic carbocycles. The highest BCUT2D eigenvalue weighted by molar-refractivity contribution is 7.99. The second-order valence-electron chi connectivity index (χ2n) is 4.55. The average Bonchev–Trinajstić information content (AvgIpc) is 2.46. The summed E-state index contributed by atoms with van der Waals surface area (Å²) in [4.78, 5) is 12.1. The third kappa shape index (κ3) is 4.31. The molecule has 0 radical (unpaired) electrons. The van der Waals surface area contributed by atoms with Crippen LogP contribution in [0.1, 0.15) is 12.5 Å². The number of benzene rings is 2. The molecule has 2 aromatic carbocycles. The minimum absolute atomic E-state index is 0.00321. The quantitative estimate of drug-likeness (QED) is 0.827. The molecule has 0 aliphatic heterocycles. The lowest BCUT2D eigenvalue weighted by Gasteiger charge is -2.12. The Morgan fingerprint density at radius 2 is 1.95 bits per heavy atom. The first-order chi connectivity index (χ1) is 9.65. The fraction of sp³-hybridized carbons (Fsp3) is 0.188. The molecule has 0 bridgehead atoms. The zero-order valence-corrected chi connectivity index (χ0v) is 12.2. The lowest BCUT2D eigenvalue weighted by atomic mass is 10.2. The molecule has 2 aromatic rings. The van der Waals surface area contributed by atoms with Crippen LogP contribution < -0.4 is 11.1 Å². The number of rotatable bonds is 5.